The molecule has 0 saturated heterocycles. The summed E-state index contributed by atoms with van der Waals surface area (Å²) in [5, 5.41) is 0. The second kappa shape index (κ2) is 3.37. The molecule has 1 aliphatic rings. The first-order chi connectivity index (χ1) is 6.99. The van der Waals surface area contributed by atoms with Gasteiger partial charge in [-0.25, -0.2) is 0 Å². The summed E-state index contributed by atoms with van der Waals surface area (Å²) >= 11 is 0. The molecule has 2 unspecified atom stereocenters. The zero-order valence-corrected chi connectivity index (χ0v) is 10.6. The van der Waals surface area contributed by atoms with Crippen LogP contribution in [0.15, 0.2) is 12.1 Å². The lowest BCUT2D eigenvalue weighted by molar-refractivity contribution is 0.428. The highest BCUT2D eigenvalue weighted by molar-refractivity contribution is 5.50. The maximum atomic E-state index is 2.43. The van der Waals surface area contributed by atoms with Crippen LogP contribution < -0.4 is 0 Å². The third kappa shape index (κ3) is 1.42. The molecule has 1 aliphatic carbocycles. The summed E-state index contributed by atoms with van der Waals surface area (Å²) in [6.07, 6.45) is 2.58. The van der Waals surface area contributed by atoms with Crippen LogP contribution in [-0.2, 0) is 5.41 Å². The van der Waals surface area contributed by atoms with Gasteiger partial charge in [0.2, 0.25) is 0 Å². The van der Waals surface area contributed by atoms with Gasteiger partial charge in [0.25, 0.3) is 0 Å². The van der Waals surface area contributed by atoms with E-state index in [0.717, 1.165) is 5.92 Å². The van der Waals surface area contributed by atoms with Gasteiger partial charge in [-0.1, -0.05) is 32.9 Å². The average molecular weight is 202 g/mol. The van der Waals surface area contributed by atoms with Crippen molar-refractivity contribution >= 4 is 0 Å². The Bertz CT molecular complexity index is 389. The summed E-state index contributed by atoms with van der Waals surface area (Å²) in [5.74, 6) is 0.741. The SMILES string of the molecule is CCC1(C)CC(C)c2c(C)ccc(C)c21. The van der Waals surface area contributed by atoms with Gasteiger partial charge in [0.1, 0.15) is 0 Å². The molecular formula is C15H22. The summed E-state index contributed by atoms with van der Waals surface area (Å²) in [6, 6.07) is 4.58. The van der Waals surface area contributed by atoms with Crippen molar-refractivity contribution in [2.75, 3.05) is 0 Å². The van der Waals surface area contributed by atoms with E-state index >= 15 is 0 Å². The Morgan fingerprint density at radius 3 is 2.47 bits per heavy atom. The van der Waals surface area contributed by atoms with Crippen LogP contribution in [-0.4, -0.2) is 0 Å². The molecule has 0 spiro atoms. The van der Waals surface area contributed by atoms with Gasteiger partial charge in [0, 0.05) is 0 Å². The maximum absolute atomic E-state index is 2.43. The molecule has 0 heterocycles. The average Bonchev–Trinajstić information content (AvgIpc) is 2.47. The largest absolute Gasteiger partial charge is 0.0645 e. The Hall–Kier alpha value is -0.780. The quantitative estimate of drug-likeness (QED) is 0.630. The van der Waals surface area contributed by atoms with Gasteiger partial charge in [-0.05, 0) is 60.3 Å². The van der Waals surface area contributed by atoms with Crippen LogP contribution in [0.2, 0.25) is 0 Å². The summed E-state index contributed by atoms with van der Waals surface area (Å²) in [5.41, 5.74) is 6.69. The molecule has 0 aliphatic heterocycles. The summed E-state index contributed by atoms with van der Waals surface area (Å²) in [6.45, 7) is 11.7. The van der Waals surface area contributed by atoms with E-state index in [0.29, 0.717) is 5.41 Å². The van der Waals surface area contributed by atoms with Crippen molar-refractivity contribution in [3.8, 4) is 0 Å². The third-order valence-corrected chi connectivity index (χ3v) is 4.31. The molecule has 1 aromatic rings. The van der Waals surface area contributed by atoms with Crippen molar-refractivity contribution in [1.82, 2.24) is 0 Å². The van der Waals surface area contributed by atoms with E-state index in [1.54, 1.807) is 11.1 Å². The van der Waals surface area contributed by atoms with Crippen molar-refractivity contribution in [3.63, 3.8) is 0 Å². The highest BCUT2D eigenvalue weighted by Crippen LogP contribution is 2.50. The Kier molecular flexibility index (Phi) is 2.41. The molecule has 0 amide bonds. The van der Waals surface area contributed by atoms with Gasteiger partial charge in [0.15, 0.2) is 0 Å². The van der Waals surface area contributed by atoms with Crippen molar-refractivity contribution in [3.05, 3.63) is 34.4 Å². The molecule has 0 bridgehead atoms. The smallest absolute Gasteiger partial charge is 0.00666 e. The normalized spacial score (nSPS) is 29.3. The number of hydrogen-bond donors (Lipinski definition) is 0. The molecule has 82 valence electrons. The molecule has 0 radical (unpaired) electrons. The second-order valence-electron chi connectivity index (χ2n) is 5.51. The highest BCUT2D eigenvalue weighted by atomic mass is 14.4. The molecule has 1 aromatic carbocycles. The standard InChI is InChI=1S/C15H22/c1-6-15(5)9-12(4)13-10(2)7-8-11(3)14(13)15/h7-8,12H,6,9H2,1-5H3. The first-order valence-electron chi connectivity index (χ1n) is 6.10. The summed E-state index contributed by atoms with van der Waals surface area (Å²) < 4.78 is 0. The predicted octanol–water partition coefficient (Wildman–Crippen LogP) is 4.48. The van der Waals surface area contributed by atoms with Gasteiger partial charge in [-0.2, -0.15) is 0 Å². The van der Waals surface area contributed by atoms with Crippen molar-refractivity contribution < 1.29 is 0 Å². The van der Waals surface area contributed by atoms with Gasteiger partial charge < -0.3 is 0 Å². The first-order valence-corrected chi connectivity index (χ1v) is 6.10. The van der Waals surface area contributed by atoms with Crippen LogP contribution in [0, 0.1) is 13.8 Å². The monoisotopic (exact) mass is 202 g/mol. The van der Waals surface area contributed by atoms with Gasteiger partial charge in [-0.15, -0.1) is 0 Å². The minimum absolute atomic E-state index is 0.421. The number of benzene rings is 1. The molecule has 0 heteroatoms. The van der Waals surface area contributed by atoms with Crippen LogP contribution in [0.3, 0.4) is 0 Å². The molecule has 0 fully saturated rings. The summed E-state index contributed by atoms with van der Waals surface area (Å²) in [7, 11) is 0. The van der Waals surface area contributed by atoms with Gasteiger partial charge >= 0.3 is 0 Å². The van der Waals surface area contributed by atoms with E-state index < -0.39 is 0 Å². The van der Waals surface area contributed by atoms with Gasteiger partial charge in [-0.3, -0.25) is 0 Å². The van der Waals surface area contributed by atoms with E-state index in [-0.39, 0.29) is 0 Å². The molecule has 2 atom stereocenters. The zero-order valence-electron chi connectivity index (χ0n) is 10.6. The van der Waals surface area contributed by atoms with Crippen molar-refractivity contribution in [1.29, 1.82) is 0 Å². The number of aryl methyl sites for hydroxylation is 2. The maximum Gasteiger partial charge on any atom is -0.00666 e. The predicted molar refractivity (Wildman–Crippen MR) is 66.6 cm³/mol. The van der Waals surface area contributed by atoms with Crippen LogP contribution >= 0.6 is 0 Å². The lowest BCUT2D eigenvalue weighted by atomic mass is 9.79. The van der Waals surface area contributed by atoms with E-state index in [9.17, 15) is 0 Å². The van der Waals surface area contributed by atoms with E-state index in [2.05, 4.69) is 46.8 Å². The van der Waals surface area contributed by atoms with Crippen molar-refractivity contribution in [2.24, 2.45) is 0 Å². The summed E-state index contributed by atoms with van der Waals surface area (Å²) in [4.78, 5) is 0. The van der Waals surface area contributed by atoms with E-state index in [1.807, 2.05) is 0 Å². The third-order valence-electron chi connectivity index (χ3n) is 4.31. The highest BCUT2D eigenvalue weighted by Gasteiger charge is 2.38. The number of hydrogen-bond acceptors (Lipinski definition) is 0. The Labute approximate surface area is 93.7 Å². The topological polar surface area (TPSA) is 0 Å². The molecule has 0 aromatic heterocycles. The lowest BCUT2D eigenvalue weighted by Gasteiger charge is -2.25. The van der Waals surface area contributed by atoms with Gasteiger partial charge in [0.05, 0.1) is 0 Å². The fraction of sp³-hybridized carbons (Fsp3) is 0.600. The minimum atomic E-state index is 0.421. The van der Waals surface area contributed by atoms with Crippen LogP contribution in [0.4, 0.5) is 0 Å². The van der Waals surface area contributed by atoms with Crippen LogP contribution in [0.25, 0.3) is 0 Å². The molecule has 0 nitrogen and oxygen atoms in total. The number of fused-ring (bicyclic) bond motifs is 1. The molecule has 0 N–H and O–H groups in total. The number of rotatable bonds is 1. The lowest BCUT2D eigenvalue weighted by Crippen LogP contribution is -2.18. The minimum Gasteiger partial charge on any atom is -0.0645 e. The molecule has 2 rings (SSSR count). The Morgan fingerprint density at radius 2 is 1.87 bits per heavy atom. The molecular weight excluding hydrogens is 180 g/mol. The fourth-order valence-corrected chi connectivity index (χ4v) is 3.47. The van der Waals surface area contributed by atoms with Crippen LogP contribution in [0.1, 0.15) is 61.8 Å². The molecule has 15 heavy (non-hydrogen) atoms. The zero-order chi connectivity index (χ0) is 11.2. The fourth-order valence-electron chi connectivity index (χ4n) is 3.47. The van der Waals surface area contributed by atoms with Crippen LogP contribution in [0.5, 0.6) is 0 Å². The molecule has 0 saturated carbocycles. The Balaban J connectivity index is 2.70. The van der Waals surface area contributed by atoms with E-state index in [4.69, 9.17) is 0 Å². The Morgan fingerprint density at radius 1 is 1.27 bits per heavy atom. The first kappa shape index (κ1) is 10.7. The second-order valence-corrected chi connectivity index (χ2v) is 5.51. The van der Waals surface area contributed by atoms with E-state index in [1.165, 1.54) is 24.0 Å². The van der Waals surface area contributed by atoms with Crippen molar-refractivity contribution in [2.45, 2.75) is 58.8 Å².